The Bertz CT molecular complexity index is 311. The number of amides is 1. The molecule has 0 aliphatic heterocycles. The molecule has 0 fully saturated rings. The normalized spacial score (nSPS) is 10.1. The van der Waals surface area contributed by atoms with Gasteiger partial charge in [-0.25, -0.2) is 0 Å². The van der Waals surface area contributed by atoms with Gasteiger partial charge in [-0.05, 0) is 26.0 Å². The predicted molar refractivity (Wildman–Crippen MR) is 65.6 cm³/mol. The number of nitrogens with zero attached hydrogens (tertiary/aromatic N) is 1. The van der Waals surface area contributed by atoms with Crippen LogP contribution in [0.3, 0.4) is 0 Å². The maximum Gasteiger partial charge on any atom is 0.229 e. The molecule has 88 valence electrons. The Morgan fingerprint density at radius 1 is 1.25 bits per heavy atom. The van der Waals surface area contributed by atoms with E-state index in [1.165, 1.54) is 0 Å². The van der Waals surface area contributed by atoms with E-state index in [0.29, 0.717) is 26.2 Å². The zero-order valence-corrected chi connectivity index (χ0v) is 9.98. The molecule has 0 saturated carbocycles. The first kappa shape index (κ1) is 12.7. The van der Waals surface area contributed by atoms with Gasteiger partial charge in [-0.15, -0.1) is 0 Å². The molecule has 0 radical (unpaired) electrons. The number of hydrogen-bond acceptors (Lipinski definition) is 2. The lowest BCUT2D eigenvalue weighted by Gasteiger charge is -2.20. The van der Waals surface area contributed by atoms with Crippen molar-refractivity contribution in [2.24, 2.45) is 0 Å². The summed E-state index contributed by atoms with van der Waals surface area (Å²) >= 11 is 0. The van der Waals surface area contributed by atoms with Crippen molar-refractivity contribution in [2.75, 3.05) is 24.7 Å². The van der Waals surface area contributed by atoms with Crippen LogP contribution in [0.25, 0.3) is 0 Å². The Morgan fingerprint density at radius 2 is 1.94 bits per heavy atom. The summed E-state index contributed by atoms with van der Waals surface area (Å²) in [5.74, 6) is 0.113. The monoisotopic (exact) mass is 221 g/mol. The van der Waals surface area contributed by atoms with Crippen LogP contribution < -0.4 is 4.90 Å². The van der Waals surface area contributed by atoms with E-state index in [1.807, 2.05) is 44.2 Å². The molecule has 0 aliphatic rings. The summed E-state index contributed by atoms with van der Waals surface area (Å²) < 4.78 is 5.19. The third kappa shape index (κ3) is 3.66. The van der Waals surface area contributed by atoms with E-state index in [-0.39, 0.29) is 5.91 Å². The van der Waals surface area contributed by atoms with Gasteiger partial charge in [-0.3, -0.25) is 4.79 Å². The number of anilines is 1. The first-order valence-electron chi connectivity index (χ1n) is 5.72. The van der Waals surface area contributed by atoms with E-state index < -0.39 is 0 Å². The van der Waals surface area contributed by atoms with Gasteiger partial charge in [0.25, 0.3) is 0 Å². The molecular weight excluding hydrogens is 202 g/mol. The van der Waals surface area contributed by atoms with Crippen LogP contribution in [0.5, 0.6) is 0 Å². The number of rotatable bonds is 6. The summed E-state index contributed by atoms with van der Waals surface area (Å²) in [5, 5.41) is 0. The van der Waals surface area contributed by atoms with Crippen LogP contribution in [0.15, 0.2) is 30.3 Å². The first-order valence-corrected chi connectivity index (χ1v) is 5.72. The van der Waals surface area contributed by atoms with Crippen LogP contribution in [0, 0.1) is 0 Å². The largest absolute Gasteiger partial charge is 0.381 e. The van der Waals surface area contributed by atoms with Gasteiger partial charge in [0.05, 0.1) is 13.0 Å². The van der Waals surface area contributed by atoms with Crippen LogP contribution in [0.1, 0.15) is 20.3 Å². The Balaban J connectivity index is 2.57. The van der Waals surface area contributed by atoms with Crippen molar-refractivity contribution in [1.82, 2.24) is 0 Å². The van der Waals surface area contributed by atoms with Crippen LogP contribution in [0.2, 0.25) is 0 Å². The maximum absolute atomic E-state index is 11.9. The second-order valence-corrected chi connectivity index (χ2v) is 3.42. The zero-order chi connectivity index (χ0) is 11.8. The number of carbonyl (C=O) groups excluding carboxylic acids is 1. The van der Waals surface area contributed by atoms with Gasteiger partial charge in [-0.1, -0.05) is 18.2 Å². The molecule has 0 unspecified atom stereocenters. The Hall–Kier alpha value is -1.35. The summed E-state index contributed by atoms with van der Waals surface area (Å²) in [4.78, 5) is 13.7. The quantitative estimate of drug-likeness (QED) is 0.691. The lowest BCUT2D eigenvalue weighted by Crippen LogP contribution is -2.31. The van der Waals surface area contributed by atoms with E-state index >= 15 is 0 Å². The van der Waals surface area contributed by atoms with E-state index in [9.17, 15) is 4.79 Å². The number of carbonyl (C=O) groups is 1. The molecule has 0 N–H and O–H groups in total. The van der Waals surface area contributed by atoms with E-state index in [2.05, 4.69) is 0 Å². The maximum atomic E-state index is 11.9. The highest BCUT2D eigenvalue weighted by molar-refractivity contribution is 5.93. The van der Waals surface area contributed by atoms with Gasteiger partial charge in [0.1, 0.15) is 0 Å². The number of ether oxygens (including phenoxy) is 1. The summed E-state index contributed by atoms with van der Waals surface area (Å²) in [6, 6.07) is 9.72. The SMILES string of the molecule is CCOCCC(=O)N(CC)c1ccccc1. The predicted octanol–water partition coefficient (Wildman–Crippen LogP) is 2.47. The summed E-state index contributed by atoms with van der Waals surface area (Å²) in [6.07, 6.45) is 0.441. The van der Waals surface area contributed by atoms with Crippen molar-refractivity contribution in [3.05, 3.63) is 30.3 Å². The summed E-state index contributed by atoms with van der Waals surface area (Å²) in [7, 11) is 0. The highest BCUT2D eigenvalue weighted by atomic mass is 16.5. The molecule has 3 heteroatoms. The summed E-state index contributed by atoms with van der Waals surface area (Å²) in [5.41, 5.74) is 0.950. The highest BCUT2D eigenvalue weighted by Gasteiger charge is 2.12. The van der Waals surface area contributed by atoms with Crippen molar-refractivity contribution >= 4 is 11.6 Å². The van der Waals surface area contributed by atoms with Gasteiger partial charge < -0.3 is 9.64 Å². The fraction of sp³-hybridized carbons (Fsp3) is 0.462. The summed E-state index contributed by atoms with van der Waals surface area (Å²) in [6.45, 7) is 5.75. The molecule has 1 aromatic rings. The standard InChI is InChI=1S/C13H19NO2/c1-3-14(12-8-6-5-7-9-12)13(15)10-11-16-4-2/h5-9H,3-4,10-11H2,1-2H3. The molecule has 0 atom stereocenters. The molecule has 3 nitrogen and oxygen atoms in total. The van der Waals surface area contributed by atoms with Gasteiger partial charge in [0.15, 0.2) is 0 Å². The molecule has 0 heterocycles. The second kappa shape index (κ2) is 7.01. The fourth-order valence-corrected chi connectivity index (χ4v) is 1.55. The molecule has 0 aliphatic carbocycles. The number of hydrogen-bond donors (Lipinski definition) is 0. The van der Waals surface area contributed by atoms with E-state index in [4.69, 9.17) is 4.74 Å². The number of para-hydroxylation sites is 1. The van der Waals surface area contributed by atoms with Crippen LogP contribution in [0.4, 0.5) is 5.69 Å². The Kier molecular flexibility index (Phi) is 5.57. The zero-order valence-electron chi connectivity index (χ0n) is 9.98. The molecule has 0 spiro atoms. The van der Waals surface area contributed by atoms with Gasteiger partial charge in [-0.2, -0.15) is 0 Å². The molecule has 0 saturated heterocycles. The highest BCUT2D eigenvalue weighted by Crippen LogP contribution is 2.13. The van der Waals surface area contributed by atoms with Crippen molar-refractivity contribution < 1.29 is 9.53 Å². The molecular formula is C13H19NO2. The fourth-order valence-electron chi connectivity index (χ4n) is 1.55. The van der Waals surface area contributed by atoms with E-state index in [1.54, 1.807) is 4.90 Å². The average Bonchev–Trinajstić information content (AvgIpc) is 2.32. The molecule has 1 amide bonds. The third-order valence-electron chi connectivity index (χ3n) is 2.35. The lowest BCUT2D eigenvalue weighted by molar-refractivity contribution is -0.119. The minimum atomic E-state index is 0.113. The molecule has 16 heavy (non-hydrogen) atoms. The minimum absolute atomic E-state index is 0.113. The van der Waals surface area contributed by atoms with Crippen molar-refractivity contribution in [3.63, 3.8) is 0 Å². The molecule has 1 aromatic carbocycles. The number of benzene rings is 1. The van der Waals surface area contributed by atoms with Gasteiger partial charge in [0, 0.05) is 18.8 Å². The van der Waals surface area contributed by atoms with Gasteiger partial charge in [0.2, 0.25) is 5.91 Å². The van der Waals surface area contributed by atoms with Crippen LogP contribution in [-0.4, -0.2) is 25.7 Å². The second-order valence-electron chi connectivity index (χ2n) is 3.42. The minimum Gasteiger partial charge on any atom is -0.381 e. The van der Waals surface area contributed by atoms with Gasteiger partial charge >= 0.3 is 0 Å². The smallest absolute Gasteiger partial charge is 0.229 e. The van der Waals surface area contributed by atoms with Crippen LogP contribution in [-0.2, 0) is 9.53 Å². The average molecular weight is 221 g/mol. The molecule has 0 aromatic heterocycles. The van der Waals surface area contributed by atoms with E-state index in [0.717, 1.165) is 5.69 Å². The van der Waals surface area contributed by atoms with Crippen molar-refractivity contribution in [2.45, 2.75) is 20.3 Å². The van der Waals surface area contributed by atoms with Crippen LogP contribution >= 0.6 is 0 Å². The van der Waals surface area contributed by atoms with Crippen molar-refractivity contribution in [1.29, 1.82) is 0 Å². The lowest BCUT2D eigenvalue weighted by atomic mass is 10.2. The first-order chi connectivity index (χ1) is 7.79. The Morgan fingerprint density at radius 3 is 2.50 bits per heavy atom. The van der Waals surface area contributed by atoms with Crippen molar-refractivity contribution in [3.8, 4) is 0 Å². The Labute approximate surface area is 97.0 Å². The topological polar surface area (TPSA) is 29.5 Å². The molecule has 1 rings (SSSR count). The molecule has 0 bridgehead atoms. The third-order valence-corrected chi connectivity index (χ3v) is 2.35.